The van der Waals surface area contributed by atoms with Crippen molar-refractivity contribution < 1.29 is 0 Å². The van der Waals surface area contributed by atoms with Crippen LogP contribution < -0.4 is 5.73 Å². The number of nitrogens with two attached hydrogens (primary N) is 1. The van der Waals surface area contributed by atoms with Gasteiger partial charge in [-0.15, -0.1) is 0 Å². The molecule has 3 rings (SSSR count). The Hall–Kier alpha value is -0.890. The summed E-state index contributed by atoms with van der Waals surface area (Å²) in [5, 5.41) is 0. The third kappa shape index (κ3) is 2.20. The van der Waals surface area contributed by atoms with Crippen molar-refractivity contribution in [3.63, 3.8) is 0 Å². The van der Waals surface area contributed by atoms with Crippen molar-refractivity contribution in [2.45, 2.75) is 70.3 Å². The molecule has 0 saturated heterocycles. The number of fused-ring (bicyclic) bond motifs is 1. The lowest BCUT2D eigenvalue weighted by molar-refractivity contribution is 0.184. The zero-order valence-electron chi connectivity index (χ0n) is 12.1. The molecule has 0 amide bonds. The molecule has 0 spiro atoms. The van der Waals surface area contributed by atoms with Gasteiger partial charge in [-0.05, 0) is 55.6 Å². The summed E-state index contributed by atoms with van der Waals surface area (Å²) in [6, 6.07) is 4.61. The van der Waals surface area contributed by atoms with E-state index in [1.165, 1.54) is 62.6 Å². The Kier molecular flexibility index (Phi) is 3.62. The molecular formula is C17H26N2. The lowest BCUT2D eigenvalue weighted by atomic mass is 9.67. The van der Waals surface area contributed by atoms with E-state index in [0.717, 1.165) is 0 Å². The van der Waals surface area contributed by atoms with Crippen molar-refractivity contribution in [2.75, 3.05) is 0 Å². The first kappa shape index (κ1) is 13.1. The summed E-state index contributed by atoms with van der Waals surface area (Å²) in [6.45, 7) is 2.33. The van der Waals surface area contributed by atoms with Crippen molar-refractivity contribution in [1.82, 2.24) is 4.98 Å². The zero-order valence-corrected chi connectivity index (χ0v) is 12.1. The van der Waals surface area contributed by atoms with Crippen LogP contribution in [0.3, 0.4) is 0 Å². The van der Waals surface area contributed by atoms with Crippen LogP contribution in [-0.4, -0.2) is 11.0 Å². The molecule has 1 aromatic rings. The lowest BCUT2D eigenvalue weighted by Gasteiger charge is -2.41. The first-order chi connectivity index (χ1) is 9.27. The summed E-state index contributed by atoms with van der Waals surface area (Å²) >= 11 is 0. The third-order valence-corrected chi connectivity index (χ3v) is 5.68. The largest absolute Gasteiger partial charge is 0.327 e. The van der Waals surface area contributed by atoms with Crippen LogP contribution in [0.1, 0.15) is 69.0 Å². The minimum absolute atomic E-state index is 0.300. The molecule has 1 aromatic heterocycles. The van der Waals surface area contributed by atoms with Crippen molar-refractivity contribution >= 4 is 0 Å². The van der Waals surface area contributed by atoms with E-state index in [4.69, 9.17) is 5.73 Å². The molecule has 2 aliphatic carbocycles. The first-order valence-electron chi connectivity index (χ1n) is 7.96. The predicted octanol–water partition coefficient (Wildman–Crippen LogP) is 3.80. The lowest BCUT2D eigenvalue weighted by Crippen LogP contribution is -2.45. The van der Waals surface area contributed by atoms with Gasteiger partial charge in [0, 0.05) is 23.9 Å². The summed E-state index contributed by atoms with van der Waals surface area (Å²) in [7, 11) is 0. The van der Waals surface area contributed by atoms with Crippen LogP contribution in [-0.2, 0) is 6.42 Å². The SMILES string of the molecule is CCC1(C(N)C2CCCc3cccnc32)CCCC1. The maximum atomic E-state index is 6.77. The maximum Gasteiger partial charge on any atom is 0.0482 e. The van der Waals surface area contributed by atoms with E-state index >= 15 is 0 Å². The molecule has 1 saturated carbocycles. The Morgan fingerprint density at radius 2 is 2.16 bits per heavy atom. The maximum absolute atomic E-state index is 6.77. The van der Waals surface area contributed by atoms with Crippen LogP contribution in [0.2, 0.25) is 0 Å². The molecule has 2 atom stereocenters. The van der Waals surface area contributed by atoms with Crippen molar-refractivity contribution in [3.05, 3.63) is 29.6 Å². The molecular weight excluding hydrogens is 232 g/mol. The van der Waals surface area contributed by atoms with E-state index in [0.29, 0.717) is 17.4 Å². The molecule has 104 valence electrons. The molecule has 2 heteroatoms. The Bertz CT molecular complexity index is 435. The number of aromatic nitrogens is 1. The van der Waals surface area contributed by atoms with Crippen molar-refractivity contribution in [3.8, 4) is 0 Å². The Morgan fingerprint density at radius 1 is 1.37 bits per heavy atom. The van der Waals surface area contributed by atoms with Gasteiger partial charge in [-0.1, -0.05) is 25.8 Å². The van der Waals surface area contributed by atoms with Crippen LogP contribution in [0.5, 0.6) is 0 Å². The summed E-state index contributed by atoms with van der Waals surface area (Å²) < 4.78 is 0. The summed E-state index contributed by atoms with van der Waals surface area (Å²) in [5.74, 6) is 0.489. The van der Waals surface area contributed by atoms with Crippen LogP contribution in [0.15, 0.2) is 18.3 Å². The second kappa shape index (κ2) is 5.24. The molecule has 0 aliphatic heterocycles. The quantitative estimate of drug-likeness (QED) is 0.895. The monoisotopic (exact) mass is 258 g/mol. The van der Waals surface area contributed by atoms with Crippen LogP contribution in [0.25, 0.3) is 0 Å². The average Bonchev–Trinajstić information content (AvgIpc) is 2.96. The van der Waals surface area contributed by atoms with Crippen LogP contribution in [0, 0.1) is 5.41 Å². The molecule has 1 heterocycles. The van der Waals surface area contributed by atoms with Gasteiger partial charge >= 0.3 is 0 Å². The van der Waals surface area contributed by atoms with E-state index in [2.05, 4.69) is 24.0 Å². The van der Waals surface area contributed by atoms with Gasteiger partial charge in [-0.25, -0.2) is 0 Å². The topological polar surface area (TPSA) is 38.9 Å². The highest BCUT2D eigenvalue weighted by Gasteiger charge is 2.43. The van der Waals surface area contributed by atoms with E-state index in [-0.39, 0.29) is 0 Å². The van der Waals surface area contributed by atoms with Gasteiger partial charge in [-0.3, -0.25) is 4.98 Å². The average molecular weight is 258 g/mol. The molecule has 1 fully saturated rings. The molecule has 0 bridgehead atoms. The smallest absolute Gasteiger partial charge is 0.0482 e. The van der Waals surface area contributed by atoms with Gasteiger partial charge in [0.2, 0.25) is 0 Å². The van der Waals surface area contributed by atoms with Crippen molar-refractivity contribution in [1.29, 1.82) is 0 Å². The molecule has 0 radical (unpaired) electrons. The van der Waals surface area contributed by atoms with E-state index in [1.807, 2.05) is 6.20 Å². The van der Waals surface area contributed by atoms with E-state index < -0.39 is 0 Å². The Morgan fingerprint density at radius 3 is 2.89 bits per heavy atom. The highest BCUT2D eigenvalue weighted by atomic mass is 14.8. The van der Waals surface area contributed by atoms with Crippen molar-refractivity contribution in [2.24, 2.45) is 11.1 Å². The van der Waals surface area contributed by atoms with Crippen LogP contribution in [0.4, 0.5) is 0 Å². The number of hydrogen-bond donors (Lipinski definition) is 1. The van der Waals surface area contributed by atoms with Crippen LogP contribution >= 0.6 is 0 Å². The fourth-order valence-corrected chi connectivity index (χ4v) is 4.42. The summed E-state index contributed by atoms with van der Waals surface area (Å²) in [6.07, 6.45) is 12.2. The minimum atomic E-state index is 0.300. The second-order valence-corrected chi connectivity index (χ2v) is 6.50. The number of aryl methyl sites for hydroxylation is 1. The summed E-state index contributed by atoms with van der Waals surface area (Å²) in [5.41, 5.74) is 9.91. The molecule has 0 aromatic carbocycles. The molecule has 2 nitrogen and oxygen atoms in total. The van der Waals surface area contributed by atoms with Gasteiger partial charge in [0.1, 0.15) is 0 Å². The number of nitrogens with zero attached hydrogens (tertiary/aromatic N) is 1. The standard InChI is InChI=1S/C17H26N2/c1-2-17(10-3-4-11-17)16(18)14-9-5-7-13-8-6-12-19-15(13)14/h6,8,12,14,16H,2-5,7,9-11,18H2,1H3. The minimum Gasteiger partial charge on any atom is -0.327 e. The summed E-state index contributed by atoms with van der Waals surface area (Å²) in [4.78, 5) is 4.68. The van der Waals surface area contributed by atoms with Gasteiger partial charge in [-0.2, -0.15) is 0 Å². The van der Waals surface area contributed by atoms with Gasteiger partial charge in [0.05, 0.1) is 0 Å². The zero-order chi connectivity index (χ0) is 13.3. The fraction of sp³-hybridized carbons (Fsp3) is 0.706. The van der Waals surface area contributed by atoms with Gasteiger partial charge in [0.15, 0.2) is 0 Å². The van der Waals surface area contributed by atoms with Gasteiger partial charge in [0.25, 0.3) is 0 Å². The Labute approximate surface area is 116 Å². The first-order valence-corrected chi connectivity index (χ1v) is 7.96. The predicted molar refractivity (Wildman–Crippen MR) is 79.1 cm³/mol. The molecule has 19 heavy (non-hydrogen) atoms. The van der Waals surface area contributed by atoms with Gasteiger partial charge < -0.3 is 5.73 Å². The molecule has 2 unspecified atom stereocenters. The second-order valence-electron chi connectivity index (χ2n) is 6.50. The fourth-order valence-electron chi connectivity index (χ4n) is 4.42. The van der Waals surface area contributed by atoms with E-state index in [9.17, 15) is 0 Å². The third-order valence-electron chi connectivity index (χ3n) is 5.68. The number of pyridine rings is 1. The highest BCUT2D eigenvalue weighted by Crippen LogP contribution is 2.48. The molecule has 2 aliphatic rings. The van der Waals surface area contributed by atoms with E-state index in [1.54, 1.807) is 0 Å². The molecule has 2 N–H and O–H groups in total. The normalized spacial score (nSPS) is 26.9. The number of rotatable bonds is 3. The Balaban J connectivity index is 1.90. The number of hydrogen-bond acceptors (Lipinski definition) is 2. The highest BCUT2D eigenvalue weighted by molar-refractivity contribution is 5.28.